The number of aromatic nitrogens is 2. The van der Waals surface area contributed by atoms with Crippen LogP contribution in [-0.4, -0.2) is 58.0 Å². The van der Waals surface area contributed by atoms with Crippen molar-refractivity contribution in [3.63, 3.8) is 0 Å². The van der Waals surface area contributed by atoms with E-state index in [2.05, 4.69) is 5.09 Å². The summed E-state index contributed by atoms with van der Waals surface area (Å²) < 4.78 is 63.8. The molecule has 5 atom stereocenters. The lowest BCUT2D eigenvalue weighted by atomic mass is 10.1. The molecule has 1 aromatic carbocycles. The van der Waals surface area contributed by atoms with Gasteiger partial charge in [0.1, 0.15) is 17.9 Å². The molecule has 0 radical (unpaired) electrons. The summed E-state index contributed by atoms with van der Waals surface area (Å²) in [7, 11) is -4.36. The van der Waals surface area contributed by atoms with E-state index in [9.17, 15) is 32.8 Å². The van der Waals surface area contributed by atoms with Crippen molar-refractivity contribution in [1.82, 2.24) is 14.6 Å². The Morgan fingerprint density at radius 3 is 2.62 bits per heavy atom. The minimum Gasteiger partial charge on any atom is -0.464 e. The summed E-state index contributed by atoms with van der Waals surface area (Å²) in [4.78, 5) is 36.8. The first kappa shape index (κ1) is 24.2. The number of aliphatic hydroxyl groups is 1. The minimum atomic E-state index is -4.36. The van der Waals surface area contributed by atoms with Gasteiger partial charge in [-0.25, -0.2) is 9.36 Å². The highest BCUT2D eigenvalue weighted by Gasteiger charge is 2.60. The number of H-pyrrole nitrogens is 1. The van der Waals surface area contributed by atoms with Gasteiger partial charge in [-0.1, -0.05) is 18.2 Å². The summed E-state index contributed by atoms with van der Waals surface area (Å²) in [6, 6.07) is 7.56. The van der Waals surface area contributed by atoms with Gasteiger partial charge in [0, 0.05) is 18.7 Å². The zero-order chi connectivity index (χ0) is 24.5. The molecule has 0 saturated carbocycles. The van der Waals surface area contributed by atoms with Crippen molar-refractivity contribution in [2.75, 3.05) is 13.2 Å². The predicted octanol–water partition coefficient (Wildman–Crippen LogP) is 0.539. The second-order valence-electron chi connectivity index (χ2n) is 7.50. The third-order valence-electron chi connectivity index (χ3n) is 5.11. The third kappa shape index (κ3) is 4.95. The molecule has 0 spiro atoms. The molecule has 12 nitrogen and oxygen atoms in total. The summed E-state index contributed by atoms with van der Waals surface area (Å²) in [6.07, 6.45) is -5.51. The number of carbonyl (C=O) groups excluding carboxylic acids is 1. The van der Waals surface area contributed by atoms with Gasteiger partial charge in [-0.05, 0) is 12.1 Å². The number of para-hydroxylation sites is 1. The molecule has 0 unspecified atom stereocenters. The maximum absolute atomic E-state index is 14.7. The van der Waals surface area contributed by atoms with E-state index in [1.54, 1.807) is 18.2 Å². The molecule has 2 aliphatic heterocycles. The SMILES string of the molecule is O=C1OCC[C@H]1N[P@](=O)(OC[C@H]1O[C@@H](n2ccc(=O)[nH]c2=O)C(F)(F)[C@@H]1O)Oc1ccccc1. The van der Waals surface area contributed by atoms with Crippen LogP contribution in [0.25, 0.3) is 0 Å². The van der Waals surface area contributed by atoms with Crippen molar-refractivity contribution >= 4 is 13.7 Å². The summed E-state index contributed by atoms with van der Waals surface area (Å²) in [6.45, 7) is -0.779. The van der Waals surface area contributed by atoms with E-state index in [0.717, 1.165) is 12.3 Å². The quantitative estimate of drug-likeness (QED) is 0.343. The molecule has 0 aliphatic carbocycles. The summed E-state index contributed by atoms with van der Waals surface area (Å²) in [5.74, 6) is -4.56. The molecule has 3 heterocycles. The topological polar surface area (TPSA) is 158 Å². The van der Waals surface area contributed by atoms with E-state index in [0.29, 0.717) is 4.57 Å². The molecule has 0 bridgehead atoms. The second kappa shape index (κ2) is 9.39. The molecular formula is C19H20F2N3O9P. The lowest BCUT2D eigenvalue weighted by Crippen LogP contribution is -2.42. The number of halogens is 2. The minimum absolute atomic E-state index is 0.0775. The average Bonchev–Trinajstić information content (AvgIpc) is 3.28. The van der Waals surface area contributed by atoms with E-state index < -0.39 is 62.0 Å². The van der Waals surface area contributed by atoms with Crippen molar-refractivity contribution in [3.8, 4) is 5.75 Å². The highest BCUT2D eigenvalue weighted by Crippen LogP contribution is 2.48. The molecule has 15 heteroatoms. The summed E-state index contributed by atoms with van der Waals surface area (Å²) in [5.41, 5.74) is -1.98. The molecule has 2 saturated heterocycles. The van der Waals surface area contributed by atoms with Gasteiger partial charge in [0.15, 0.2) is 6.10 Å². The van der Waals surface area contributed by atoms with Crippen LogP contribution in [0.1, 0.15) is 12.6 Å². The number of benzene rings is 1. The normalized spacial score (nSPS) is 27.8. The van der Waals surface area contributed by atoms with Crippen LogP contribution in [-0.2, 0) is 23.4 Å². The number of hydrogen-bond acceptors (Lipinski definition) is 9. The Balaban J connectivity index is 1.53. The van der Waals surface area contributed by atoms with E-state index in [1.165, 1.54) is 12.1 Å². The van der Waals surface area contributed by atoms with Gasteiger partial charge in [0.05, 0.1) is 13.2 Å². The van der Waals surface area contributed by atoms with Crippen molar-refractivity contribution in [2.24, 2.45) is 0 Å². The number of nitrogens with zero attached hydrogens (tertiary/aromatic N) is 1. The van der Waals surface area contributed by atoms with Crippen LogP contribution >= 0.6 is 7.75 Å². The molecule has 1 aromatic heterocycles. The number of alkyl halides is 2. The van der Waals surface area contributed by atoms with Crippen molar-refractivity contribution in [1.29, 1.82) is 0 Å². The molecule has 2 aliphatic rings. The van der Waals surface area contributed by atoms with Gasteiger partial charge in [-0.3, -0.25) is 23.7 Å². The highest BCUT2D eigenvalue weighted by molar-refractivity contribution is 7.52. The number of aliphatic hydroxyl groups excluding tert-OH is 1. The molecule has 34 heavy (non-hydrogen) atoms. The molecule has 2 aromatic rings. The van der Waals surface area contributed by atoms with Crippen molar-refractivity contribution in [2.45, 2.75) is 36.8 Å². The Kier molecular flexibility index (Phi) is 6.69. The van der Waals surface area contributed by atoms with E-state index in [1.807, 2.05) is 4.98 Å². The van der Waals surface area contributed by atoms with Gasteiger partial charge in [-0.2, -0.15) is 13.9 Å². The van der Waals surface area contributed by atoms with Crippen molar-refractivity contribution in [3.05, 3.63) is 63.4 Å². The molecule has 2 fully saturated rings. The van der Waals surface area contributed by atoms with Crippen LogP contribution in [0.5, 0.6) is 5.75 Å². The average molecular weight is 503 g/mol. The van der Waals surface area contributed by atoms with Gasteiger partial charge in [-0.15, -0.1) is 0 Å². The molecule has 0 amide bonds. The zero-order valence-corrected chi connectivity index (χ0v) is 18.2. The maximum atomic E-state index is 14.7. The Labute approximate surface area is 190 Å². The number of esters is 1. The predicted molar refractivity (Wildman–Crippen MR) is 109 cm³/mol. The standard InChI is InChI=1S/C19H20F2N3O9P/c20-19(21)15(26)13(32-17(19)24-8-6-14(25)22-18(24)28)10-31-34(29,23-12-7-9-30-16(12)27)33-11-4-2-1-3-5-11/h1-6,8,12-13,15,17,26H,7,9-10H2,(H,23,29)(H,22,25,28)/t12-,13-,15-,17-,34+/m1/s1. The number of aromatic amines is 1. The van der Waals surface area contributed by atoms with E-state index in [4.69, 9.17) is 18.5 Å². The van der Waals surface area contributed by atoms with Gasteiger partial charge in [0.2, 0.25) is 6.23 Å². The molecular weight excluding hydrogens is 483 g/mol. The Bertz CT molecular complexity index is 1210. The van der Waals surface area contributed by atoms with Crippen LogP contribution in [0, 0.1) is 0 Å². The van der Waals surface area contributed by atoms with E-state index in [-0.39, 0.29) is 18.8 Å². The van der Waals surface area contributed by atoms with Crippen LogP contribution in [0.3, 0.4) is 0 Å². The first-order valence-corrected chi connectivity index (χ1v) is 11.6. The molecule has 3 N–H and O–H groups in total. The Morgan fingerprint density at radius 2 is 1.97 bits per heavy atom. The third-order valence-corrected chi connectivity index (χ3v) is 6.68. The monoisotopic (exact) mass is 503 g/mol. The number of ether oxygens (including phenoxy) is 2. The summed E-state index contributed by atoms with van der Waals surface area (Å²) in [5, 5.41) is 12.6. The van der Waals surface area contributed by atoms with Gasteiger partial charge < -0.3 is 19.1 Å². The first-order valence-electron chi connectivity index (χ1n) is 10.1. The van der Waals surface area contributed by atoms with Gasteiger partial charge >= 0.3 is 25.3 Å². The van der Waals surface area contributed by atoms with Gasteiger partial charge in [0.25, 0.3) is 5.56 Å². The number of carbonyl (C=O) groups is 1. The highest BCUT2D eigenvalue weighted by atomic mass is 31.2. The van der Waals surface area contributed by atoms with Crippen LogP contribution in [0.4, 0.5) is 8.78 Å². The zero-order valence-electron chi connectivity index (χ0n) is 17.3. The molecule has 4 rings (SSSR count). The second-order valence-corrected chi connectivity index (χ2v) is 9.19. The fourth-order valence-electron chi connectivity index (χ4n) is 3.40. The van der Waals surface area contributed by atoms with Crippen LogP contribution < -0.4 is 20.9 Å². The first-order chi connectivity index (χ1) is 16.1. The lowest BCUT2D eigenvalue weighted by molar-refractivity contribution is -0.141. The van der Waals surface area contributed by atoms with Crippen molar-refractivity contribution < 1.29 is 41.8 Å². The lowest BCUT2D eigenvalue weighted by Gasteiger charge is -2.23. The number of hydrogen-bond donors (Lipinski definition) is 3. The Morgan fingerprint density at radius 1 is 1.24 bits per heavy atom. The fraction of sp³-hybridized carbons (Fsp3) is 0.421. The molecule has 184 valence electrons. The van der Waals surface area contributed by atoms with Crippen LogP contribution in [0.2, 0.25) is 0 Å². The summed E-state index contributed by atoms with van der Waals surface area (Å²) >= 11 is 0. The largest absolute Gasteiger partial charge is 0.464 e. The number of nitrogens with one attached hydrogen (secondary N) is 2. The smallest absolute Gasteiger partial charge is 0.459 e. The Hall–Kier alpha value is -2.90. The number of rotatable bonds is 8. The maximum Gasteiger partial charge on any atom is 0.459 e. The number of cyclic esters (lactones) is 1. The van der Waals surface area contributed by atoms with E-state index >= 15 is 0 Å². The fourth-order valence-corrected chi connectivity index (χ4v) is 4.94. The van der Waals surface area contributed by atoms with Crippen LogP contribution in [0.15, 0.2) is 52.2 Å².